The zero-order valence-corrected chi connectivity index (χ0v) is 15.5. The molecule has 1 aromatic carbocycles. The van der Waals surface area contributed by atoms with Crippen LogP contribution in [0.3, 0.4) is 0 Å². The number of para-hydroxylation sites is 1. The number of anilines is 2. The lowest BCUT2D eigenvalue weighted by Gasteiger charge is -2.38. The molecule has 0 aliphatic carbocycles. The number of carbonyl (C=O) groups is 1. The molecule has 1 atom stereocenters. The number of nitriles is 1. The molecule has 0 radical (unpaired) electrons. The zero-order valence-electron chi connectivity index (χ0n) is 15.5. The summed E-state index contributed by atoms with van der Waals surface area (Å²) in [5.74, 6) is 0.761. The highest BCUT2D eigenvalue weighted by atomic mass is 16.2. The van der Waals surface area contributed by atoms with Crippen molar-refractivity contribution < 1.29 is 4.79 Å². The van der Waals surface area contributed by atoms with Gasteiger partial charge in [0.2, 0.25) is 11.9 Å². The molecule has 140 valence electrons. The molecule has 3 rings (SSSR count). The lowest BCUT2D eigenvalue weighted by molar-refractivity contribution is -0.123. The molecular weight excluding hydrogens is 340 g/mol. The molecule has 1 aliphatic heterocycles. The Morgan fingerprint density at radius 2 is 1.81 bits per heavy atom. The molecule has 27 heavy (non-hydrogen) atoms. The Morgan fingerprint density at radius 3 is 2.44 bits per heavy atom. The van der Waals surface area contributed by atoms with Gasteiger partial charge in [-0.3, -0.25) is 9.69 Å². The van der Waals surface area contributed by atoms with Crippen LogP contribution in [0.5, 0.6) is 0 Å². The summed E-state index contributed by atoms with van der Waals surface area (Å²) in [6, 6.07) is 13.3. The lowest BCUT2D eigenvalue weighted by Crippen LogP contribution is -2.55. The van der Waals surface area contributed by atoms with Crippen LogP contribution < -0.4 is 9.80 Å². The predicted octanol–water partition coefficient (Wildman–Crippen LogP) is 1.93. The van der Waals surface area contributed by atoms with Gasteiger partial charge >= 0.3 is 0 Å². The van der Waals surface area contributed by atoms with Gasteiger partial charge in [-0.1, -0.05) is 18.2 Å². The highest BCUT2D eigenvalue weighted by Crippen LogP contribution is 2.18. The summed E-state index contributed by atoms with van der Waals surface area (Å²) in [5, 5.41) is 8.95. The number of carbonyl (C=O) groups excluding carboxylic acids is 1. The Bertz CT molecular complexity index is 768. The molecular formula is C20H24N6O. The van der Waals surface area contributed by atoms with E-state index >= 15 is 0 Å². The number of amides is 1. The minimum atomic E-state index is -0.247. The van der Waals surface area contributed by atoms with Gasteiger partial charge < -0.3 is 9.80 Å². The van der Waals surface area contributed by atoms with Gasteiger partial charge in [0, 0.05) is 50.8 Å². The predicted molar refractivity (Wildman–Crippen MR) is 104 cm³/mol. The van der Waals surface area contributed by atoms with Crippen molar-refractivity contribution in [3.05, 3.63) is 48.8 Å². The average molecular weight is 364 g/mol. The van der Waals surface area contributed by atoms with E-state index in [1.165, 1.54) is 0 Å². The molecule has 1 unspecified atom stereocenters. The first-order chi connectivity index (χ1) is 13.2. The summed E-state index contributed by atoms with van der Waals surface area (Å²) >= 11 is 0. The van der Waals surface area contributed by atoms with Gasteiger partial charge in [0.15, 0.2) is 0 Å². The first-order valence-corrected chi connectivity index (χ1v) is 9.20. The minimum Gasteiger partial charge on any atom is -0.338 e. The summed E-state index contributed by atoms with van der Waals surface area (Å²) in [4.78, 5) is 27.8. The molecule has 1 amide bonds. The minimum absolute atomic E-state index is 0.0286. The average Bonchev–Trinajstić information content (AvgIpc) is 2.75. The van der Waals surface area contributed by atoms with Crippen molar-refractivity contribution in [2.75, 3.05) is 42.5 Å². The quantitative estimate of drug-likeness (QED) is 0.780. The van der Waals surface area contributed by atoms with Crippen LogP contribution >= 0.6 is 0 Å². The molecule has 2 aromatic rings. The summed E-state index contributed by atoms with van der Waals surface area (Å²) in [6.45, 7) is 5.45. The van der Waals surface area contributed by atoms with Crippen LogP contribution in [0.1, 0.15) is 13.3 Å². The summed E-state index contributed by atoms with van der Waals surface area (Å²) in [6.07, 6.45) is 3.80. The largest absolute Gasteiger partial charge is 0.338 e. The fraction of sp³-hybridized carbons (Fsp3) is 0.400. The number of aromatic nitrogens is 2. The second kappa shape index (κ2) is 9.10. The van der Waals surface area contributed by atoms with Gasteiger partial charge in [-0.25, -0.2) is 9.97 Å². The monoisotopic (exact) mass is 364 g/mol. The normalized spacial score (nSPS) is 15.8. The van der Waals surface area contributed by atoms with E-state index in [-0.39, 0.29) is 11.9 Å². The van der Waals surface area contributed by atoms with Crippen molar-refractivity contribution >= 4 is 17.5 Å². The van der Waals surface area contributed by atoms with Gasteiger partial charge in [-0.2, -0.15) is 5.26 Å². The third-order valence-corrected chi connectivity index (χ3v) is 4.84. The maximum atomic E-state index is 13.1. The van der Waals surface area contributed by atoms with E-state index in [1.807, 2.05) is 37.3 Å². The van der Waals surface area contributed by atoms with Crippen LogP contribution in [0.15, 0.2) is 48.8 Å². The number of hydrogen-bond donors (Lipinski definition) is 0. The van der Waals surface area contributed by atoms with Gasteiger partial charge in [0.1, 0.15) is 0 Å². The number of hydrogen-bond acceptors (Lipinski definition) is 6. The van der Waals surface area contributed by atoms with Gasteiger partial charge in [-0.15, -0.1) is 0 Å². The Morgan fingerprint density at radius 1 is 1.15 bits per heavy atom. The van der Waals surface area contributed by atoms with Crippen molar-refractivity contribution in [3.63, 3.8) is 0 Å². The zero-order chi connectivity index (χ0) is 19.1. The lowest BCUT2D eigenvalue weighted by atomic mass is 10.1. The third-order valence-electron chi connectivity index (χ3n) is 4.84. The Balaban J connectivity index is 1.64. The second-order valence-corrected chi connectivity index (χ2v) is 6.48. The SMILES string of the molecule is CC(C(=O)N(CCC#N)c1ccccc1)N1CCN(c2ncccn2)CC1. The molecule has 0 N–H and O–H groups in total. The smallest absolute Gasteiger partial charge is 0.244 e. The molecule has 1 aromatic heterocycles. The summed E-state index contributed by atoms with van der Waals surface area (Å²) < 4.78 is 0. The van der Waals surface area contributed by atoms with E-state index in [4.69, 9.17) is 5.26 Å². The van der Waals surface area contributed by atoms with Crippen molar-refractivity contribution in [2.24, 2.45) is 0 Å². The third kappa shape index (κ3) is 4.60. The second-order valence-electron chi connectivity index (χ2n) is 6.48. The van der Waals surface area contributed by atoms with E-state index in [0.717, 1.165) is 37.8 Å². The highest BCUT2D eigenvalue weighted by molar-refractivity contribution is 5.97. The van der Waals surface area contributed by atoms with Gasteiger partial charge in [0.25, 0.3) is 0 Å². The fourth-order valence-electron chi connectivity index (χ4n) is 3.28. The molecule has 0 saturated carbocycles. The van der Waals surface area contributed by atoms with E-state index in [0.29, 0.717) is 13.0 Å². The Kier molecular flexibility index (Phi) is 6.34. The van der Waals surface area contributed by atoms with Crippen LogP contribution in [0.4, 0.5) is 11.6 Å². The first kappa shape index (κ1) is 18.8. The molecule has 0 bridgehead atoms. The van der Waals surface area contributed by atoms with E-state index in [9.17, 15) is 4.79 Å². The maximum Gasteiger partial charge on any atom is 0.244 e. The molecule has 1 saturated heterocycles. The molecule has 7 nitrogen and oxygen atoms in total. The van der Waals surface area contributed by atoms with Crippen LogP contribution in [0.2, 0.25) is 0 Å². The van der Waals surface area contributed by atoms with Gasteiger partial charge in [0.05, 0.1) is 18.5 Å². The number of piperazine rings is 1. The summed E-state index contributed by atoms with van der Waals surface area (Å²) in [5.41, 5.74) is 0.834. The van der Waals surface area contributed by atoms with Crippen molar-refractivity contribution in [1.82, 2.24) is 14.9 Å². The number of nitrogens with zero attached hydrogens (tertiary/aromatic N) is 6. The van der Waals surface area contributed by atoms with Crippen LogP contribution in [-0.4, -0.2) is 59.5 Å². The Hall–Kier alpha value is -2.98. The summed E-state index contributed by atoms with van der Waals surface area (Å²) in [7, 11) is 0. The van der Waals surface area contributed by atoms with Crippen molar-refractivity contribution in [1.29, 1.82) is 5.26 Å². The van der Waals surface area contributed by atoms with Gasteiger partial charge in [-0.05, 0) is 25.1 Å². The highest BCUT2D eigenvalue weighted by Gasteiger charge is 2.29. The topological polar surface area (TPSA) is 76.4 Å². The number of benzene rings is 1. The molecule has 1 fully saturated rings. The van der Waals surface area contributed by atoms with E-state index in [1.54, 1.807) is 23.4 Å². The van der Waals surface area contributed by atoms with Crippen LogP contribution in [0.25, 0.3) is 0 Å². The number of rotatable bonds is 6. The van der Waals surface area contributed by atoms with Crippen molar-refractivity contribution in [3.8, 4) is 6.07 Å². The fourth-order valence-corrected chi connectivity index (χ4v) is 3.28. The van der Waals surface area contributed by atoms with E-state index < -0.39 is 0 Å². The molecule has 2 heterocycles. The van der Waals surface area contributed by atoms with Crippen LogP contribution in [0, 0.1) is 11.3 Å². The maximum absolute atomic E-state index is 13.1. The standard InChI is InChI=1S/C20H24N6O/c1-17(19(27)26(12-5-9-21)18-7-3-2-4-8-18)24-13-15-25(16-14-24)20-22-10-6-11-23-20/h2-4,6-8,10-11,17H,5,12-16H2,1H3. The van der Waals surface area contributed by atoms with E-state index in [2.05, 4.69) is 25.8 Å². The molecule has 7 heteroatoms. The van der Waals surface area contributed by atoms with Crippen LogP contribution in [-0.2, 0) is 4.79 Å². The Labute approximate surface area is 159 Å². The molecule has 1 aliphatic rings. The molecule has 0 spiro atoms. The van der Waals surface area contributed by atoms with Crippen molar-refractivity contribution in [2.45, 2.75) is 19.4 Å². The first-order valence-electron chi connectivity index (χ1n) is 9.20.